The van der Waals surface area contributed by atoms with Crippen LogP contribution in [0, 0.1) is 0 Å². The molecule has 2 rings (SSSR count). The maximum Gasteiger partial charge on any atom is 0.573 e. The highest BCUT2D eigenvalue weighted by Crippen LogP contribution is 2.39. The fourth-order valence-electron chi connectivity index (χ4n) is 2.26. The number of ether oxygens (including phenoxy) is 1. The Kier molecular flexibility index (Phi) is 4.30. The zero-order chi connectivity index (χ0) is 14.0. The van der Waals surface area contributed by atoms with Crippen molar-refractivity contribution < 1.29 is 17.9 Å². The Balaban J connectivity index is 2.30. The van der Waals surface area contributed by atoms with E-state index in [2.05, 4.69) is 17.0 Å². The summed E-state index contributed by atoms with van der Waals surface area (Å²) in [5.41, 5.74) is 1.98. The molecule has 0 saturated carbocycles. The van der Waals surface area contributed by atoms with Gasteiger partial charge >= 0.3 is 6.36 Å². The first kappa shape index (κ1) is 14.5. The Labute approximate surface area is 114 Å². The third-order valence-electron chi connectivity index (χ3n) is 3.08. The molecule has 0 bridgehead atoms. The van der Waals surface area contributed by atoms with Crippen molar-refractivity contribution in [2.75, 3.05) is 6.54 Å². The number of thioether (sulfide) groups is 1. The van der Waals surface area contributed by atoms with Gasteiger partial charge in [-0.15, -0.1) is 13.2 Å². The molecular weight excluding hydrogens is 275 g/mol. The second kappa shape index (κ2) is 5.63. The van der Waals surface area contributed by atoms with Gasteiger partial charge in [-0.05, 0) is 29.8 Å². The predicted molar refractivity (Wildman–Crippen MR) is 70.3 cm³/mol. The number of alkyl halides is 3. The molecule has 0 aliphatic carbocycles. The van der Waals surface area contributed by atoms with Crippen LogP contribution in [0.15, 0.2) is 18.2 Å². The lowest BCUT2D eigenvalue weighted by Gasteiger charge is -2.32. The summed E-state index contributed by atoms with van der Waals surface area (Å²) in [4.78, 5) is 0. The maximum atomic E-state index is 12.3. The molecule has 1 aliphatic heterocycles. The Morgan fingerprint density at radius 3 is 2.79 bits per heavy atom. The Morgan fingerprint density at radius 1 is 1.42 bits per heavy atom. The molecule has 1 aliphatic rings. The molecule has 19 heavy (non-hydrogen) atoms. The number of nitrogens with one attached hydrogen (secondary N) is 1. The summed E-state index contributed by atoms with van der Waals surface area (Å²) in [6.07, 6.45) is -4.64. The Hall–Kier alpha value is -0.880. The lowest BCUT2D eigenvalue weighted by atomic mass is 9.98. The largest absolute Gasteiger partial charge is 0.573 e. The molecule has 0 fully saturated rings. The summed E-state index contributed by atoms with van der Waals surface area (Å²) >= 11 is 1.80. The van der Waals surface area contributed by atoms with E-state index in [0.717, 1.165) is 23.4 Å². The van der Waals surface area contributed by atoms with Gasteiger partial charge in [0.15, 0.2) is 0 Å². The van der Waals surface area contributed by atoms with Crippen molar-refractivity contribution in [1.82, 2.24) is 5.32 Å². The maximum absolute atomic E-state index is 12.3. The molecule has 6 heteroatoms. The van der Waals surface area contributed by atoms with Gasteiger partial charge in [0.1, 0.15) is 5.75 Å². The van der Waals surface area contributed by atoms with Gasteiger partial charge in [-0.1, -0.05) is 19.9 Å². The van der Waals surface area contributed by atoms with Crippen molar-refractivity contribution in [2.45, 2.75) is 37.3 Å². The van der Waals surface area contributed by atoms with Gasteiger partial charge < -0.3 is 10.1 Å². The van der Waals surface area contributed by atoms with Crippen LogP contribution in [-0.4, -0.2) is 18.2 Å². The zero-order valence-corrected chi connectivity index (χ0v) is 11.6. The van der Waals surface area contributed by atoms with Gasteiger partial charge in [-0.25, -0.2) is 0 Å². The molecule has 0 saturated heterocycles. The standard InChI is InChI=1S/C13H16F3NOS/c1-3-17-12-8(2)19-7-9-4-5-10(6-11(9)12)18-13(14,15)16/h4-6,8,12,17H,3,7H2,1-2H3. The molecule has 2 nitrogen and oxygen atoms in total. The molecule has 2 atom stereocenters. The van der Waals surface area contributed by atoms with Crippen LogP contribution in [0.1, 0.15) is 31.0 Å². The van der Waals surface area contributed by atoms with Crippen LogP contribution in [0.2, 0.25) is 0 Å². The predicted octanol–water partition coefficient (Wildman–Crippen LogP) is 3.87. The summed E-state index contributed by atoms with van der Waals surface area (Å²) < 4.78 is 40.8. The van der Waals surface area contributed by atoms with Crippen molar-refractivity contribution in [3.63, 3.8) is 0 Å². The molecule has 2 unspecified atom stereocenters. The zero-order valence-electron chi connectivity index (χ0n) is 10.8. The van der Waals surface area contributed by atoms with Gasteiger partial charge in [0, 0.05) is 17.0 Å². The molecule has 1 heterocycles. The minimum atomic E-state index is -4.64. The quantitative estimate of drug-likeness (QED) is 0.913. The van der Waals surface area contributed by atoms with E-state index in [0.29, 0.717) is 5.25 Å². The summed E-state index contributed by atoms with van der Waals surface area (Å²) in [5, 5.41) is 3.65. The van der Waals surface area contributed by atoms with Gasteiger partial charge in [-0.3, -0.25) is 0 Å². The molecule has 0 spiro atoms. The van der Waals surface area contributed by atoms with Crippen LogP contribution in [0.25, 0.3) is 0 Å². The minimum Gasteiger partial charge on any atom is -0.406 e. The van der Waals surface area contributed by atoms with Crippen molar-refractivity contribution in [1.29, 1.82) is 0 Å². The summed E-state index contributed by atoms with van der Waals surface area (Å²) in [7, 11) is 0. The van der Waals surface area contributed by atoms with Crippen LogP contribution in [0.3, 0.4) is 0 Å². The van der Waals surface area contributed by atoms with Gasteiger partial charge in [0.25, 0.3) is 0 Å². The van der Waals surface area contributed by atoms with E-state index in [4.69, 9.17) is 0 Å². The molecule has 0 aromatic heterocycles. The van der Waals surface area contributed by atoms with Crippen LogP contribution in [-0.2, 0) is 5.75 Å². The molecule has 1 N–H and O–H groups in total. The van der Waals surface area contributed by atoms with E-state index < -0.39 is 6.36 Å². The molecule has 0 amide bonds. The number of rotatable bonds is 3. The normalized spacial score (nSPS) is 23.0. The molecule has 1 aromatic rings. The molecule has 0 radical (unpaired) electrons. The third-order valence-corrected chi connectivity index (χ3v) is 4.36. The monoisotopic (exact) mass is 291 g/mol. The number of benzene rings is 1. The second-order valence-electron chi connectivity index (χ2n) is 4.46. The summed E-state index contributed by atoms with van der Waals surface area (Å²) in [6, 6.07) is 4.67. The highest BCUT2D eigenvalue weighted by atomic mass is 32.2. The smallest absolute Gasteiger partial charge is 0.406 e. The number of halogens is 3. The van der Waals surface area contributed by atoms with E-state index in [1.54, 1.807) is 17.8 Å². The fraction of sp³-hybridized carbons (Fsp3) is 0.538. The van der Waals surface area contributed by atoms with Crippen LogP contribution in [0.5, 0.6) is 5.75 Å². The van der Waals surface area contributed by atoms with Crippen LogP contribution in [0.4, 0.5) is 13.2 Å². The second-order valence-corrected chi connectivity index (χ2v) is 5.83. The lowest BCUT2D eigenvalue weighted by Crippen LogP contribution is -2.32. The highest BCUT2D eigenvalue weighted by Gasteiger charge is 2.32. The lowest BCUT2D eigenvalue weighted by molar-refractivity contribution is -0.274. The number of hydrogen-bond donors (Lipinski definition) is 1. The average molecular weight is 291 g/mol. The van der Waals surface area contributed by atoms with Crippen molar-refractivity contribution in [2.24, 2.45) is 0 Å². The summed E-state index contributed by atoms with van der Waals surface area (Å²) in [5.74, 6) is 0.679. The summed E-state index contributed by atoms with van der Waals surface area (Å²) in [6.45, 7) is 4.85. The first-order chi connectivity index (χ1) is 8.90. The molecule has 1 aromatic carbocycles. The van der Waals surface area contributed by atoms with Gasteiger partial charge in [0.05, 0.1) is 0 Å². The Morgan fingerprint density at radius 2 is 2.16 bits per heavy atom. The van der Waals surface area contributed by atoms with E-state index in [1.807, 2.05) is 6.92 Å². The van der Waals surface area contributed by atoms with Crippen molar-refractivity contribution >= 4 is 11.8 Å². The molecular formula is C13H16F3NOS. The highest BCUT2D eigenvalue weighted by molar-refractivity contribution is 7.99. The van der Waals surface area contributed by atoms with Crippen molar-refractivity contribution in [3.8, 4) is 5.75 Å². The third kappa shape index (κ3) is 3.57. The van der Waals surface area contributed by atoms with E-state index in [9.17, 15) is 13.2 Å². The molecule has 106 valence electrons. The van der Waals surface area contributed by atoms with Crippen LogP contribution < -0.4 is 10.1 Å². The van der Waals surface area contributed by atoms with Gasteiger partial charge in [-0.2, -0.15) is 11.8 Å². The van der Waals surface area contributed by atoms with Gasteiger partial charge in [0.2, 0.25) is 0 Å². The first-order valence-electron chi connectivity index (χ1n) is 6.14. The topological polar surface area (TPSA) is 21.3 Å². The average Bonchev–Trinajstić information content (AvgIpc) is 2.31. The first-order valence-corrected chi connectivity index (χ1v) is 7.19. The number of fused-ring (bicyclic) bond motifs is 1. The van der Waals surface area contributed by atoms with Crippen LogP contribution >= 0.6 is 11.8 Å². The SMILES string of the molecule is CCNC1c2cc(OC(F)(F)F)ccc2CSC1C. The Bertz CT molecular complexity index is 450. The van der Waals surface area contributed by atoms with E-state index in [-0.39, 0.29) is 11.8 Å². The fourth-order valence-corrected chi connectivity index (χ4v) is 3.40. The van der Waals surface area contributed by atoms with E-state index >= 15 is 0 Å². The minimum absolute atomic E-state index is 0.0653. The van der Waals surface area contributed by atoms with Crippen molar-refractivity contribution in [3.05, 3.63) is 29.3 Å². The number of hydrogen-bond acceptors (Lipinski definition) is 3. The van der Waals surface area contributed by atoms with E-state index in [1.165, 1.54) is 12.1 Å².